The lowest BCUT2D eigenvalue weighted by atomic mass is 10.2. The Bertz CT molecular complexity index is 468. The van der Waals surface area contributed by atoms with Gasteiger partial charge in [0.05, 0.1) is 10.7 Å². The molecule has 0 saturated carbocycles. The number of thiazole rings is 1. The van der Waals surface area contributed by atoms with E-state index in [-0.39, 0.29) is 0 Å². The number of aryl methyl sites for hydroxylation is 1. The third kappa shape index (κ3) is 3.04. The summed E-state index contributed by atoms with van der Waals surface area (Å²) in [4.78, 5) is 4.39. The summed E-state index contributed by atoms with van der Waals surface area (Å²) in [7, 11) is 0. The molecular weight excluding hydrogens is 240 g/mol. The third-order valence-corrected chi connectivity index (χ3v) is 3.44. The highest BCUT2D eigenvalue weighted by Crippen LogP contribution is 2.14. The van der Waals surface area contributed by atoms with E-state index in [2.05, 4.69) is 15.7 Å². The maximum absolute atomic E-state index is 6.06. The van der Waals surface area contributed by atoms with Gasteiger partial charge in [-0.2, -0.15) is 0 Å². The van der Waals surface area contributed by atoms with Crippen molar-refractivity contribution in [3.8, 4) is 0 Å². The summed E-state index contributed by atoms with van der Waals surface area (Å²) in [6, 6.07) is 7.87. The van der Waals surface area contributed by atoms with E-state index in [1.54, 1.807) is 11.3 Å². The fourth-order valence-corrected chi connectivity index (χ4v) is 2.27. The van der Waals surface area contributed by atoms with Crippen LogP contribution in [0.3, 0.4) is 0 Å². The monoisotopic (exact) mass is 252 g/mol. The summed E-state index contributed by atoms with van der Waals surface area (Å²) in [5.74, 6) is 0. The molecule has 0 atom stereocenters. The minimum atomic E-state index is 0.774. The van der Waals surface area contributed by atoms with Crippen molar-refractivity contribution in [2.45, 2.75) is 20.0 Å². The zero-order valence-corrected chi connectivity index (χ0v) is 10.6. The molecule has 0 fully saturated rings. The molecule has 0 bridgehead atoms. The van der Waals surface area contributed by atoms with Crippen LogP contribution in [0.2, 0.25) is 5.02 Å². The molecule has 4 heteroatoms. The van der Waals surface area contributed by atoms with E-state index in [1.165, 1.54) is 0 Å². The summed E-state index contributed by atoms with van der Waals surface area (Å²) >= 11 is 7.73. The van der Waals surface area contributed by atoms with E-state index in [0.29, 0.717) is 0 Å². The number of hydrogen-bond donors (Lipinski definition) is 1. The van der Waals surface area contributed by atoms with Crippen LogP contribution in [0.25, 0.3) is 0 Å². The second kappa shape index (κ2) is 5.43. The summed E-state index contributed by atoms with van der Waals surface area (Å²) in [6.07, 6.45) is 0. The highest BCUT2D eigenvalue weighted by Gasteiger charge is 2.00. The van der Waals surface area contributed by atoms with Crippen LogP contribution >= 0.6 is 22.9 Å². The van der Waals surface area contributed by atoms with Crippen LogP contribution in [0, 0.1) is 6.92 Å². The van der Waals surface area contributed by atoms with Crippen LogP contribution in [0.15, 0.2) is 29.6 Å². The molecule has 0 aliphatic rings. The second-order valence-corrected chi connectivity index (χ2v) is 5.02. The van der Waals surface area contributed by atoms with Gasteiger partial charge in [0, 0.05) is 23.5 Å². The Balaban J connectivity index is 1.87. The van der Waals surface area contributed by atoms with Gasteiger partial charge in [-0.1, -0.05) is 29.8 Å². The molecule has 84 valence electrons. The van der Waals surface area contributed by atoms with Gasteiger partial charge in [0.1, 0.15) is 0 Å². The molecule has 2 rings (SSSR count). The lowest BCUT2D eigenvalue weighted by Crippen LogP contribution is -2.13. The largest absolute Gasteiger partial charge is 0.307 e. The Morgan fingerprint density at radius 1 is 1.31 bits per heavy atom. The van der Waals surface area contributed by atoms with Gasteiger partial charge in [-0.05, 0) is 18.6 Å². The van der Waals surface area contributed by atoms with Crippen molar-refractivity contribution in [2.24, 2.45) is 0 Å². The van der Waals surface area contributed by atoms with Crippen molar-refractivity contribution in [2.75, 3.05) is 0 Å². The van der Waals surface area contributed by atoms with Crippen molar-refractivity contribution in [1.82, 2.24) is 10.3 Å². The molecule has 1 N–H and O–H groups in total. The van der Waals surface area contributed by atoms with Crippen molar-refractivity contribution in [1.29, 1.82) is 0 Å². The minimum absolute atomic E-state index is 0.774. The summed E-state index contributed by atoms with van der Waals surface area (Å²) < 4.78 is 0. The maximum atomic E-state index is 6.06. The molecule has 0 aliphatic heterocycles. The number of rotatable bonds is 4. The van der Waals surface area contributed by atoms with Crippen LogP contribution in [0.1, 0.15) is 16.3 Å². The van der Waals surface area contributed by atoms with Gasteiger partial charge in [0.2, 0.25) is 0 Å². The van der Waals surface area contributed by atoms with E-state index >= 15 is 0 Å². The average molecular weight is 253 g/mol. The molecular formula is C12H13ClN2S. The summed E-state index contributed by atoms with van der Waals surface area (Å²) in [5, 5.41) is 7.33. The normalized spacial score (nSPS) is 10.6. The standard InChI is InChI=1S/C12H13ClN2S/c1-9-15-11(8-16-9)7-14-6-10-4-2-3-5-12(10)13/h2-5,8,14H,6-7H2,1H3. The van der Waals surface area contributed by atoms with Crippen LogP contribution in [-0.4, -0.2) is 4.98 Å². The quantitative estimate of drug-likeness (QED) is 0.902. The van der Waals surface area contributed by atoms with Crippen LogP contribution in [-0.2, 0) is 13.1 Å². The number of nitrogens with one attached hydrogen (secondary N) is 1. The number of nitrogens with zero attached hydrogens (tertiary/aromatic N) is 1. The molecule has 1 heterocycles. The molecule has 0 spiro atoms. The Morgan fingerprint density at radius 2 is 2.12 bits per heavy atom. The van der Waals surface area contributed by atoms with Gasteiger partial charge in [0.25, 0.3) is 0 Å². The maximum Gasteiger partial charge on any atom is 0.0897 e. The van der Waals surface area contributed by atoms with Gasteiger partial charge in [-0.25, -0.2) is 4.98 Å². The van der Waals surface area contributed by atoms with Crippen molar-refractivity contribution in [3.05, 3.63) is 50.9 Å². The number of aromatic nitrogens is 1. The predicted octanol–water partition coefficient (Wildman–Crippen LogP) is 3.39. The van der Waals surface area contributed by atoms with E-state index < -0.39 is 0 Å². The van der Waals surface area contributed by atoms with Crippen LogP contribution < -0.4 is 5.32 Å². The highest BCUT2D eigenvalue weighted by molar-refractivity contribution is 7.09. The molecule has 0 saturated heterocycles. The van der Waals surface area contributed by atoms with Crippen molar-refractivity contribution >= 4 is 22.9 Å². The first-order valence-corrected chi connectivity index (χ1v) is 6.36. The van der Waals surface area contributed by atoms with Gasteiger partial charge >= 0.3 is 0 Å². The Labute approximate surface area is 104 Å². The predicted molar refractivity (Wildman–Crippen MR) is 68.8 cm³/mol. The third-order valence-electron chi connectivity index (χ3n) is 2.25. The second-order valence-electron chi connectivity index (χ2n) is 3.55. The lowest BCUT2D eigenvalue weighted by molar-refractivity contribution is 0.682. The topological polar surface area (TPSA) is 24.9 Å². The summed E-state index contributed by atoms with van der Waals surface area (Å²) in [5.41, 5.74) is 2.21. The zero-order chi connectivity index (χ0) is 11.4. The molecule has 1 aromatic carbocycles. The highest BCUT2D eigenvalue weighted by atomic mass is 35.5. The van der Waals surface area contributed by atoms with E-state index in [4.69, 9.17) is 11.6 Å². The lowest BCUT2D eigenvalue weighted by Gasteiger charge is -2.04. The van der Waals surface area contributed by atoms with Gasteiger partial charge in [-0.3, -0.25) is 0 Å². The minimum Gasteiger partial charge on any atom is -0.307 e. The van der Waals surface area contributed by atoms with Gasteiger partial charge < -0.3 is 5.32 Å². The number of halogens is 1. The molecule has 2 aromatic rings. The smallest absolute Gasteiger partial charge is 0.0897 e. The first-order chi connectivity index (χ1) is 7.75. The van der Waals surface area contributed by atoms with Gasteiger partial charge in [0.15, 0.2) is 0 Å². The fourth-order valence-electron chi connectivity index (χ4n) is 1.46. The average Bonchev–Trinajstić information content (AvgIpc) is 2.67. The molecule has 16 heavy (non-hydrogen) atoms. The number of benzene rings is 1. The van der Waals surface area contributed by atoms with Crippen LogP contribution in [0.4, 0.5) is 0 Å². The Kier molecular flexibility index (Phi) is 3.93. The van der Waals surface area contributed by atoms with E-state index in [9.17, 15) is 0 Å². The fraction of sp³-hybridized carbons (Fsp3) is 0.250. The summed E-state index contributed by atoms with van der Waals surface area (Å²) in [6.45, 7) is 3.58. The van der Waals surface area contributed by atoms with Crippen molar-refractivity contribution < 1.29 is 0 Å². The Morgan fingerprint density at radius 3 is 2.81 bits per heavy atom. The van der Waals surface area contributed by atoms with Gasteiger partial charge in [-0.15, -0.1) is 11.3 Å². The first-order valence-electron chi connectivity index (χ1n) is 5.11. The SMILES string of the molecule is Cc1nc(CNCc2ccccc2Cl)cs1. The van der Waals surface area contributed by atoms with E-state index in [1.807, 2.05) is 31.2 Å². The molecule has 0 unspecified atom stereocenters. The molecule has 2 nitrogen and oxygen atoms in total. The Hall–Kier alpha value is -0.900. The number of hydrogen-bond acceptors (Lipinski definition) is 3. The molecule has 0 aliphatic carbocycles. The van der Waals surface area contributed by atoms with E-state index in [0.717, 1.165) is 34.4 Å². The zero-order valence-electron chi connectivity index (χ0n) is 9.03. The molecule has 0 amide bonds. The molecule has 1 aromatic heterocycles. The van der Waals surface area contributed by atoms with Crippen molar-refractivity contribution in [3.63, 3.8) is 0 Å². The van der Waals surface area contributed by atoms with Crippen LogP contribution in [0.5, 0.6) is 0 Å². The first kappa shape index (κ1) is 11.6. The molecule has 0 radical (unpaired) electrons.